The van der Waals surface area contributed by atoms with E-state index in [1.165, 1.54) is 0 Å². The molecule has 0 aromatic rings. The Kier molecular flexibility index (Phi) is 1.32. The quantitative estimate of drug-likeness (QED) is 0.276. The van der Waals surface area contributed by atoms with E-state index in [0.29, 0.717) is 0 Å². The van der Waals surface area contributed by atoms with Crippen LogP contribution in [-0.2, 0) is 14.3 Å². The second-order valence-corrected chi connectivity index (χ2v) is 3.63. The van der Waals surface area contributed by atoms with E-state index in [9.17, 15) is 9.59 Å². The van der Waals surface area contributed by atoms with Gasteiger partial charge in [0.15, 0.2) is 0 Å². The summed E-state index contributed by atoms with van der Waals surface area (Å²) in [6.07, 6.45) is 0.177. The zero-order valence-electron chi connectivity index (χ0n) is 5.01. The molecule has 0 bridgehead atoms. The highest BCUT2D eigenvalue weighted by atomic mass is 31.0. The molecule has 0 amide bonds. The highest BCUT2D eigenvalue weighted by Crippen LogP contribution is 2.29. The van der Waals surface area contributed by atoms with E-state index in [2.05, 4.69) is 14.0 Å². The van der Waals surface area contributed by atoms with E-state index in [1.807, 2.05) is 0 Å². The summed E-state index contributed by atoms with van der Waals surface area (Å²) in [4.78, 5) is 21.1. The van der Waals surface area contributed by atoms with Gasteiger partial charge in [-0.15, -0.1) is 9.24 Å². The molecule has 4 heteroatoms. The highest BCUT2D eigenvalue weighted by Gasteiger charge is 2.41. The Balaban J connectivity index is 2.81. The molecule has 2 atom stereocenters. The Morgan fingerprint density at radius 1 is 1.67 bits per heavy atom. The van der Waals surface area contributed by atoms with Gasteiger partial charge in [0, 0.05) is 0 Å². The normalized spacial score (nSPS) is 34.9. The van der Waals surface area contributed by atoms with Gasteiger partial charge in [0.2, 0.25) is 0 Å². The fourth-order valence-electron chi connectivity index (χ4n) is 0.628. The molecule has 1 heterocycles. The molecular weight excluding hydrogens is 139 g/mol. The summed E-state index contributed by atoms with van der Waals surface area (Å²) in [6, 6.07) is 0. The Morgan fingerprint density at radius 3 is 2.33 bits per heavy atom. The number of ether oxygens (including phenoxy) is 1. The summed E-state index contributed by atoms with van der Waals surface area (Å²) in [5.41, 5.74) is 0. The summed E-state index contributed by atoms with van der Waals surface area (Å²) in [6.45, 7) is 1.66. The van der Waals surface area contributed by atoms with Gasteiger partial charge < -0.3 is 4.74 Å². The molecule has 0 saturated carbocycles. The summed E-state index contributed by atoms with van der Waals surface area (Å²) in [5, 5.41) is -0.670. The van der Waals surface area contributed by atoms with Crippen molar-refractivity contribution in [3.63, 3.8) is 0 Å². The largest absolute Gasteiger partial charge is 0.392 e. The lowest BCUT2D eigenvalue weighted by atomic mass is 10.1. The van der Waals surface area contributed by atoms with Crippen molar-refractivity contribution in [2.75, 3.05) is 0 Å². The minimum absolute atomic E-state index is 0.177. The maximum absolute atomic E-state index is 10.6. The van der Waals surface area contributed by atoms with Crippen LogP contribution in [0.15, 0.2) is 0 Å². The molecule has 3 nitrogen and oxygen atoms in total. The first-order chi connectivity index (χ1) is 4.02. The van der Waals surface area contributed by atoms with Crippen LogP contribution in [0.1, 0.15) is 13.3 Å². The van der Waals surface area contributed by atoms with E-state index < -0.39 is 17.1 Å². The third-order valence-corrected chi connectivity index (χ3v) is 1.62. The molecule has 50 valence electrons. The zero-order chi connectivity index (χ0) is 7.07. The van der Waals surface area contributed by atoms with Crippen LogP contribution < -0.4 is 0 Å². The average molecular weight is 146 g/mol. The minimum atomic E-state index is -0.670. The molecule has 1 aliphatic heterocycles. The molecular formula is C5H7O3P. The molecule has 0 radical (unpaired) electrons. The number of hydrogen-bond acceptors (Lipinski definition) is 3. The summed E-state index contributed by atoms with van der Waals surface area (Å²) in [7, 11) is 2.30. The van der Waals surface area contributed by atoms with Crippen molar-refractivity contribution in [1.29, 1.82) is 0 Å². The molecule has 0 aromatic carbocycles. The minimum Gasteiger partial charge on any atom is -0.392 e. The van der Waals surface area contributed by atoms with Crippen molar-refractivity contribution in [3.8, 4) is 0 Å². The maximum atomic E-state index is 10.6. The van der Waals surface area contributed by atoms with E-state index in [4.69, 9.17) is 0 Å². The first-order valence-corrected chi connectivity index (χ1v) is 3.14. The maximum Gasteiger partial charge on any atom is 0.323 e. The van der Waals surface area contributed by atoms with Gasteiger partial charge in [-0.05, 0) is 6.92 Å². The highest BCUT2D eigenvalue weighted by molar-refractivity contribution is 7.21. The van der Waals surface area contributed by atoms with Gasteiger partial charge in [0.05, 0.1) is 11.6 Å². The number of esters is 2. The van der Waals surface area contributed by atoms with Crippen LogP contribution in [0.5, 0.6) is 0 Å². The molecule has 0 aliphatic carbocycles. The molecule has 1 rings (SSSR count). The summed E-state index contributed by atoms with van der Waals surface area (Å²) < 4.78 is 4.28. The molecule has 1 saturated heterocycles. The van der Waals surface area contributed by atoms with Gasteiger partial charge in [-0.1, -0.05) is 0 Å². The van der Waals surface area contributed by atoms with E-state index >= 15 is 0 Å². The SMILES string of the molecule is CC1(P)CC(=O)OC1=O. The van der Waals surface area contributed by atoms with Gasteiger partial charge >= 0.3 is 11.9 Å². The van der Waals surface area contributed by atoms with Gasteiger partial charge in [-0.3, -0.25) is 9.59 Å². The monoisotopic (exact) mass is 146 g/mol. The molecule has 9 heavy (non-hydrogen) atoms. The molecule has 0 spiro atoms. The predicted molar refractivity (Wildman–Crippen MR) is 33.8 cm³/mol. The van der Waals surface area contributed by atoms with Crippen LogP contribution in [0, 0.1) is 0 Å². The Labute approximate surface area is 55.0 Å². The Morgan fingerprint density at radius 2 is 2.22 bits per heavy atom. The van der Waals surface area contributed by atoms with Crippen molar-refractivity contribution in [2.24, 2.45) is 0 Å². The third kappa shape index (κ3) is 1.11. The Hall–Kier alpha value is -0.430. The van der Waals surface area contributed by atoms with Crippen LogP contribution in [0.25, 0.3) is 0 Å². The second kappa shape index (κ2) is 1.77. The zero-order valence-corrected chi connectivity index (χ0v) is 6.16. The average Bonchev–Trinajstić information content (AvgIpc) is 1.79. The molecule has 0 aromatic heterocycles. The number of hydrogen-bond donors (Lipinski definition) is 0. The van der Waals surface area contributed by atoms with Crippen molar-refractivity contribution >= 4 is 21.2 Å². The topological polar surface area (TPSA) is 43.4 Å². The smallest absolute Gasteiger partial charge is 0.323 e. The van der Waals surface area contributed by atoms with Crippen LogP contribution in [-0.4, -0.2) is 17.1 Å². The van der Waals surface area contributed by atoms with E-state index in [1.54, 1.807) is 6.92 Å². The first-order valence-electron chi connectivity index (χ1n) is 2.56. The van der Waals surface area contributed by atoms with Crippen LogP contribution >= 0.6 is 9.24 Å². The third-order valence-electron chi connectivity index (χ3n) is 1.18. The van der Waals surface area contributed by atoms with Crippen molar-refractivity contribution in [2.45, 2.75) is 18.5 Å². The van der Waals surface area contributed by atoms with Crippen LogP contribution in [0.4, 0.5) is 0 Å². The van der Waals surface area contributed by atoms with Crippen molar-refractivity contribution in [1.82, 2.24) is 0 Å². The molecule has 1 aliphatic rings. The number of carbonyl (C=O) groups excluding carboxylic acids is 2. The molecule has 1 fully saturated rings. The lowest BCUT2D eigenvalue weighted by molar-refractivity contribution is -0.152. The summed E-state index contributed by atoms with van der Waals surface area (Å²) in [5.74, 6) is -0.880. The predicted octanol–water partition coefficient (Wildman–Crippen LogP) is 0.0937. The summed E-state index contributed by atoms with van der Waals surface area (Å²) >= 11 is 0. The standard InChI is InChI=1S/C5H7O3P/c1-5(9)2-3(6)8-4(5)7/h2,9H2,1H3. The van der Waals surface area contributed by atoms with Gasteiger partial charge in [-0.25, -0.2) is 0 Å². The van der Waals surface area contributed by atoms with Crippen LogP contribution in [0.2, 0.25) is 0 Å². The van der Waals surface area contributed by atoms with Crippen LogP contribution in [0.3, 0.4) is 0 Å². The van der Waals surface area contributed by atoms with Gasteiger partial charge in [-0.2, -0.15) is 0 Å². The lowest BCUT2D eigenvalue weighted by Gasteiger charge is -2.06. The number of carbonyl (C=O) groups is 2. The lowest BCUT2D eigenvalue weighted by Crippen LogP contribution is -2.21. The fraction of sp³-hybridized carbons (Fsp3) is 0.600. The Bertz CT molecular complexity index is 173. The van der Waals surface area contributed by atoms with Gasteiger partial charge in [0.1, 0.15) is 0 Å². The van der Waals surface area contributed by atoms with Crippen molar-refractivity contribution in [3.05, 3.63) is 0 Å². The van der Waals surface area contributed by atoms with Crippen molar-refractivity contribution < 1.29 is 14.3 Å². The van der Waals surface area contributed by atoms with Gasteiger partial charge in [0.25, 0.3) is 0 Å². The van der Waals surface area contributed by atoms with E-state index in [0.717, 1.165) is 0 Å². The number of cyclic esters (lactones) is 2. The first kappa shape index (κ1) is 6.69. The molecule has 0 N–H and O–H groups in total. The molecule has 2 unspecified atom stereocenters. The fourth-order valence-corrected chi connectivity index (χ4v) is 0.854. The second-order valence-electron chi connectivity index (χ2n) is 2.36. The number of rotatable bonds is 0. The van der Waals surface area contributed by atoms with E-state index in [-0.39, 0.29) is 6.42 Å².